The molecule has 0 amide bonds. The molecule has 2 aromatic rings. The molecule has 106 valence electrons. The predicted octanol–water partition coefficient (Wildman–Crippen LogP) is 3.81. The fraction of sp³-hybridized carbons (Fsp3) is 0.353. The molecule has 1 aromatic heterocycles. The molecule has 0 saturated heterocycles. The van der Waals surface area contributed by atoms with E-state index in [-0.39, 0.29) is 0 Å². The third-order valence-electron chi connectivity index (χ3n) is 3.34. The van der Waals surface area contributed by atoms with Crippen LogP contribution in [0.15, 0.2) is 36.5 Å². The van der Waals surface area contributed by atoms with Crippen LogP contribution < -0.4 is 10.5 Å². The molecule has 3 heteroatoms. The Bertz CT molecular complexity index is 579. The average molecular weight is 270 g/mol. The number of nitrogens with two attached hydrogens (primary N) is 1. The Kier molecular flexibility index (Phi) is 4.74. The molecule has 0 aliphatic carbocycles. The Morgan fingerprint density at radius 3 is 2.70 bits per heavy atom. The van der Waals surface area contributed by atoms with Gasteiger partial charge in [0.15, 0.2) is 0 Å². The van der Waals surface area contributed by atoms with Crippen LogP contribution in [0.2, 0.25) is 0 Å². The summed E-state index contributed by atoms with van der Waals surface area (Å²) in [5, 5.41) is 0. The van der Waals surface area contributed by atoms with E-state index in [0.29, 0.717) is 18.3 Å². The van der Waals surface area contributed by atoms with E-state index in [1.807, 2.05) is 18.2 Å². The summed E-state index contributed by atoms with van der Waals surface area (Å²) in [6.07, 6.45) is 2.51. The van der Waals surface area contributed by atoms with Gasteiger partial charge in [-0.05, 0) is 55.1 Å². The molecular formula is C17H22N2O. The van der Waals surface area contributed by atoms with Gasteiger partial charge in [-0.2, -0.15) is 0 Å². The molecule has 0 spiro atoms. The Hall–Kier alpha value is -1.87. The topological polar surface area (TPSA) is 48.1 Å². The van der Waals surface area contributed by atoms with Crippen LogP contribution in [0.3, 0.4) is 0 Å². The number of hydrogen-bond acceptors (Lipinski definition) is 3. The molecule has 0 unspecified atom stereocenters. The minimum atomic E-state index is 0.520. The summed E-state index contributed by atoms with van der Waals surface area (Å²) in [4.78, 5) is 4.30. The van der Waals surface area contributed by atoms with Gasteiger partial charge in [0.2, 0.25) is 5.88 Å². The van der Waals surface area contributed by atoms with Crippen LogP contribution in [0.5, 0.6) is 11.6 Å². The molecule has 0 atom stereocenters. The molecule has 0 saturated carbocycles. The molecule has 0 radical (unpaired) electrons. The summed E-state index contributed by atoms with van der Waals surface area (Å²) >= 11 is 0. The summed E-state index contributed by atoms with van der Waals surface area (Å²) in [6, 6.07) is 10.1. The summed E-state index contributed by atoms with van der Waals surface area (Å²) < 4.78 is 5.91. The van der Waals surface area contributed by atoms with E-state index in [9.17, 15) is 0 Å². The Morgan fingerprint density at radius 2 is 2.05 bits per heavy atom. The maximum Gasteiger partial charge on any atom is 0.222 e. The van der Waals surface area contributed by atoms with Crippen molar-refractivity contribution in [2.45, 2.75) is 33.1 Å². The zero-order chi connectivity index (χ0) is 14.5. The first kappa shape index (κ1) is 14.5. The van der Waals surface area contributed by atoms with Crippen LogP contribution in [0, 0.1) is 6.92 Å². The standard InChI is InChI=1S/C17H22N2O/c1-12(2)16-7-6-15(11-13(16)3)20-17-14(8-9-18)5-4-10-19-17/h4-7,10-12H,8-9,18H2,1-3H3. The second kappa shape index (κ2) is 6.53. The van der Waals surface area contributed by atoms with Crippen LogP contribution in [0.1, 0.15) is 36.5 Å². The average Bonchev–Trinajstić information content (AvgIpc) is 2.41. The number of benzene rings is 1. The van der Waals surface area contributed by atoms with E-state index in [2.05, 4.69) is 37.9 Å². The van der Waals surface area contributed by atoms with Gasteiger partial charge in [-0.15, -0.1) is 0 Å². The minimum Gasteiger partial charge on any atom is -0.439 e. The third-order valence-corrected chi connectivity index (χ3v) is 3.34. The first-order chi connectivity index (χ1) is 9.61. The summed E-state index contributed by atoms with van der Waals surface area (Å²) in [6.45, 7) is 7.09. The number of aryl methyl sites for hydroxylation is 1. The van der Waals surface area contributed by atoms with Crippen molar-refractivity contribution in [2.24, 2.45) is 5.73 Å². The largest absolute Gasteiger partial charge is 0.439 e. The van der Waals surface area contributed by atoms with E-state index in [4.69, 9.17) is 10.5 Å². The van der Waals surface area contributed by atoms with Gasteiger partial charge in [-0.25, -0.2) is 4.98 Å². The molecule has 0 fully saturated rings. The van der Waals surface area contributed by atoms with Crippen molar-refractivity contribution in [3.63, 3.8) is 0 Å². The van der Waals surface area contributed by atoms with Gasteiger partial charge in [-0.1, -0.05) is 26.0 Å². The number of hydrogen-bond donors (Lipinski definition) is 1. The molecule has 2 N–H and O–H groups in total. The highest BCUT2D eigenvalue weighted by Crippen LogP contribution is 2.27. The number of pyridine rings is 1. The molecule has 1 heterocycles. The van der Waals surface area contributed by atoms with Crippen molar-refractivity contribution in [1.29, 1.82) is 0 Å². The molecule has 0 bridgehead atoms. The second-order valence-corrected chi connectivity index (χ2v) is 5.28. The molecule has 0 aliphatic rings. The Morgan fingerprint density at radius 1 is 1.25 bits per heavy atom. The number of ether oxygens (including phenoxy) is 1. The molecule has 3 nitrogen and oxygen atoms in total. The van der Waals surface area contributed by atoms with Gasteiger partial charge in [0, 0.05) is 11.8 Å². The quantitative estimate of drug-likeness (QED) is 0.898. The van der Waals surface area contributed by atoms with Gasteiger partial charge >= 0.3 is 0 Å². The third kappa shape index (κ3) is 3.36. The zero-order valence-corrected chi connectivity index (χ0v) is 12.4. The van der Waals surface area contributed by atoms with Crippen molar-refractivity contribution in [1.82, 2.24) is 4.98 Å². The maximum atomic E-state index is 5.91. The van der Waals surface area contributed by atoms with E-state index in [1.165, 1.54) is 11.1 Å². The van der Waals surface area contributed by atoms with Crippen molar-refractivity contribution in [2.75, 3.05) is 6.54 Å². The number of rotatable bonds is 5. The lowest BCUT2D eigenvalue weighted by molar-refractivity contribution is 0.455. The van der Waals surface area contributed by atoms with Crippen molar-refractivity contribution < 1.29 is 4.74 Å². The highest BCUT2D eigenvalue weighted by molar-refractivity contribution is 5.39. The lowest BCUT2D eigenvalue weighted by Gasteiger charge is -2.13. The molecule has 1 aromatic carbocycles. The van der Waals surface area contributed by atoms with Crippen molar-refractivity contribution >= 4 is 0 Å². The fourth-order valence-electron chi connectivity index (χ4n) is 2.33. The summed E-state index contributed by atoms with van der Waals surface area (Å²) in [7, 11) is 0. The lowest BCUT2D eigenvalue weighted by Crippen LogP contribution is -2.05. The molecule has 0 aliphatic heterocycles. The highest BCUT2D eigenvalue weighted by atomic mass is 16.5. The van der Waals surface area contributed by atoms with Crippen LogP contribution in [-0.2, 0) is 6.42 Å². The van der Waals surface area contributed by atoms with Crippen LogP contribution in [0.4, 0.5) is 0 Å². The Balaban J connectivity index is 2.24. The minimum absolute atomic E-state index is 0.520. The van der Waals surface area contributed by atoms with Gasteiger partial charge in [-0.3, -0.25) is 0 Å². The SMILES string of the molecule is Cc1cc(Oc2ncccc2CCN)ccc1C(C)C. The van der Waals surface area contributed by atoms with Crippen LogP contribution in [0.25, 0.3) is 0 Å². The normalized spacial score (nSPS) is 10.8. The van der Waals surface area contributed by atoms with E-state index < -0.39 is 0 Å². The first-order valence-electron chi connectivity index (χ1n) is 7.04. The monoisotopic (exact) mass is 270 g/mol. The highest BCUT2D eigenvalue weighted by Gasteiger charge is 2.08. The zero-order valence-electron chi connectivity index (χ0n) is 12.4. The van der Waals surface area contributed by atoms with E-state index in [1.54, 1.807) is 6.20 Å². The predicted molar refractivity (Wildman–Crippen MR) is 82.3 cm³/mol. The lowest BCUT2D eigenvalue weighted by atomic mass is 9.98. The molecule has 2 rings (SSSR count). The van der Waals surface area contributed by atoms with Gasteiger partial charge in [0.1, 0.15) is 5.75 Å². The van der Waals surface area contributed by atoms with Gasteiger partial charge < -0.3 is 10.5 Å². The van der Waals surface area contributed by atoms with E-state index in [0.717, 1.165) is 17.7 Å². The van der Waals surface area contributed by atoms with Crippen molar-refractivity contribution in [3.8, 4) is 11.6 Å². The van der Waals surface area contributed by atoms with Gasteiger partial charge in [0.05, 0.1) is 0 Å². The summed E-state index contributed by atoms with van der Waals surface area (Å²) in [5.74, 6) is 1.99. The number of nitrogens with zero attached hydrogens (tertiary/aromatic N) is 1. The smallest absolute Gasteiger partial charge is 0.222 e. The molecular weight excluding hydrogens is 248 g/mol. The fourth-order valence-corrected chi connectivity index (χ4v) is 2.33. The second-order valence-electron chi connectivity index (χ2n) is 5.28. The van der Waals surface area contributed by atoms with Gasteiger partial charge in [0.25, 0.3) is 0 Å². The van der Waals surface area contributed by atoms with Crippen LogP contribution >= 0.6 is 0 Å². The molecule has 20 heavy (non-hydrogen) atoms. The van der Waals surface area contributed by atoms with E-state index >= 15 is 0 Å². The Labute approximate surface area is 120 Å². The number of aromatic nitrogens is 1. The summed E-state index contributed by atoms with van der Waals surface area (Å²) in [5.41, 5.74) is 9.25. The first-order valence-corrected chi connectivity index (χ1v) is 7.04. The maximum absolute atomic E-state index is 5.91. The van der Waals surface area contributed by atoms with Crippen molar-refractivity contribution in [3.05, 3.63) is 53.2 Å². The van der Waals surface area contributed by atoms with Crippen LogP contribution in [-0.4, -0.2) is 11.5 Å².